The zero-order valence-electron chi connectivity index (χ0n) is 24.1. The minimum Gasteiger partial charge on any atom is -0.465 e. The first-order chi connectivity index (χ1) is 21.2. The lowest BCUT2D eigenvalue weighted by Gasteiger charge is -2.28. The maximum atomic E-state index is 15.1. The number of benzene rings is 3. The maximum absolute atomic E-state index is 15.1. The number of fused-ring (bicyclic) bond motifs is 2. The van der Waals surface area contributed by atoms with Crippen molar-refractivity contribution in [1.29, 1.82) is 0 Å². The van der Waals surface area contributed by atoms with E-state index in [1.165, 1.54) is 13.2 Å². The minimum absolute atomic E-state index is 0.0100. The molecule has 1 aromatic heterocycles. The number of carbonyl (C=O) groups excluding carboxylic acids is 1. The molecule has 0 spiro atoms. The van der Waals surface area contributed by atoms with Crippen LogP contribution in [0.25, 0.3) is 16.6 Å². The summed E-state index contributed by atoms with van der Waals surface area (Å²) in [6.07, 6.45) is 3.75. The zero-order chi connectivity index (χ0) is 30.6. The Morgan fingerprint density at radius 2 is 1.95 bits per heavy atom. The summed E-state index contributed by atoms with van der Waals surface area (Å²) in [7, 11) is 1.26. The molecule has 3 aliphatic heterocycles. The van der Waals surface area contributed by atoms with Crippen LogP contribution in [0.3, 0.4) is 0 Å². The number of methoxy groups -OCH3 is 1. The molecule has 7 rings (SSSR count). The van der Waals surface area contributed by atoms with Gasteiger partial charge in [0.15, 0.2) is 17.3 Å². The van der Waals surface area contributed by atoms with Gasteiger partial charge in [-0.15, -0.1) is 0 Å². The molecule has 4 heterocycles. The fourth-order valence-electron chi connectivity index (χ4n) is 5.95. The van der Waals surface area contributed by atoms with Gasteiger partial charge in [-0.1, -0.05) is 29.8 Å². The number of esters is 1. The Kier molecular flexibility index (Phi) is 7.31. The second kappa shape index (κ2) is 11.2. The van der Waals surface area contributed by atoms with Crippen molar-refractivity contribution in [2.45, 2.75) is 50.7 Å². The largest absolute Gasteiger partial charge is 0.465 e. The quantitative estimate of drug-likeness (QED) is 0.215. The number of ether oxygens (including phenoxy) is 5. The molecule has 11 heteroatoms. The molecule has 3 aliphatic rings. The van der Waals surface area contributed by atoms with Crippen molar-refractivity contribution < 1.29 is 37.3 Å². The molecule has 1 fully saturated rings. The van der Waals surface area contributed by atoms with E-state index in [0.717, 1.165) is 23.6 Å². The number of carbonyl (C=O) groups is 1. The van der Waals surface area contributed by atoms with Crippen molar-refractivity contribution in [2.24, 2.45) is 0 Å². The number of hydrogen-bond donors (Lipinski definition) is 0. The third-order valence-corrected chi connectivity index (χ3v) is 8.58. The molecule has 1 saturated heterocycles. The van der Waals surface area contributed by atoms with Crippen LogP contribution >= 0.6 is 11.6 Å². The molecule has 0 aliphatic carbocycles. The molecule has 8 nitrogen and oxygen atoms in total. The van der Waals surface area contributed by atoms with E-state index in [1.807, 2.05) is 16.7 Å². The standard InChI is InChI=1S/C33H29ClF2N2O6/c1-33(24-9-7-20(34)14-25(24)35)43-28-5-3-4-23(31(28)44-33)18-6-8-21(42-17-18)15-29-37-30-26(36)12-19(32(39)40-2)13-27(30)38(29)16-22-10-11-41-22/h3-7,9,12-14,21-22H,8,10-11,15-17H2,1-2H3/t21-,22-,33-/m0/s1. The van der Waals surface area contributed by atoms with Crippen molar-refractivity contribution in [1.82, 2.24) is 9.55 Å². The van der Waals surface area contributed by atoms with E-state index in [4.69, 9.17) is 35.3 Å². The molecule has 0 unspecified atom stereocenters. The van der Waals surface area contributed by atoms with E-state index < -0.39 is 23.4 Å². The van der Waals surface area contributed by atoms with Gasteiger partial charge in [-0.2, -0.15) is 0 Å². The number of halogens is 3. The van der Waals surface area contributed by atoms with E-state index in [9.17, 15) is 9.18 Å². The monoisotopic (exact) mass is 622 g/mol. The van der Waals surface area contributed by atoms with Gasteiger partial charge in [0.05, 0.1) is 49.1 Å². The lowest BCUT2D eigenvalue weighted by molar-refractivity contribution is -0.0708. The van der Waals surface area contributed by atoms with E-state index in [1.54, 1.807) is 31.2 Å². The Bertz CT molecular complexity index is 1820. The molecule has 44 heavy (non-hydrogen) atoms. The first-order valence-corrected chi connectivity index (χ1v) is 14.8. The SMILES string of the molecule is COC(=O)c1cc(F)c2nc(C[C@@H]3CC=C(c4cccc5c4O[C@@](C)(c4ccc(Cl)cc4F)O5)CO3)n(C[C@@H]3CCO3)c2c1. The Labute approximate surface area is 257 Å². The van der Waals surface area contributed by atoms with Crippen molar-refractivity contribution >= 4 is 34.2 Å². The van der Waals surface area contributed by atoms with Gasteiger partial charge in [-0.25, -0.2) is 18.6 Å². The van der Waals surface area contributed by atoms with Crippen LogP contribution in [0, 0.1) is 11.6 Å². The van der Waals surface area contributed by atoms with Gasteiger partial charge in [0.25, 0.3) is 5.79 Å². The molecule has 0 saturated carbocycles. The van der Waals surface area contributed by atoms with Gasteiger partial charge in [0.2, 0.25) is 0 Å². The van der Waals surface area contributed by atoms with E-state index >= 15 is 4.39 Å². The molecule has 228 valence electrons. The average molecular weight is 623 g/mol. The number of aromatic nitrogens is 2. The third kappa shape index (κ3) is 5.10. The summed E-state index contributed by atoms with van der Waals surface area (Å²) in [5, 5.41) is 0.285. The molecule has 3 aromatic carbocycles. The number of rotatable bonds is 7. The summed E-state index contributed by atoms with van der Waals surface area (Å²) >= 11 is 5.95. The van der Waals surface area contributed by atoms with Crippen molar-refractivity contribution in [2.75, 3.05) is 20.3 Å². The normalized spacial score (nSPS) is 22.5. The maximum Gasteiger partial charge on any atom is 0.338 e. The summed E-state index contributed by atoms with van der Waals surface area (Å²) < 4.78 is 60.9. The topological polar surface area (TPSA) is 81.0 Å². The molecule has 0 radical (unpaired) electrons. The summed E-state index contributed by atoms with van der Waals surface area (Å²) in [5.74, 6) is -1.43. The van der Waals surface area contributed by atoms with Crippen LogP contribution in [0.15, 0.2) is 54.6 Å². The van der Waals surface area contributed by atoms with Crippen LogP contribution in [0.1, 0.15) is 47.1 Å². The van der Waals surface area contributed by atoms with Crippen LogP contribution in [0.2, 0.25) is 5.02 Å². The molecule has 0 amide bonds. The van der Waals surface area contributed by atoms with Gasteiger partial charge in [-0.3, -0.25) is 0 Å². The highest BCUT2D eigenvalue weighted by atomic mass is 35.5. The van der Waals surface area contributed by atoms with Crippen LogP contribution in [0.5, 0.6) is 11.5 Å². The summed E-state index contributed by atoms with van der Waals surface area (Å²) in [6.45, 7) is 3.13. The molecular formula is C33H29ClF2N2O6. The van der Waals surface area contributed by atoms with E-state index in [-0.39, 0.29) is 33.9 Å². The van der Waals surface area contributed by atoms with Gasteiger partial charge in [-0.05, 0) is 54.8 Å². The zero-order valence-corrected chi connectivity index (χ0v) is 24.8. The van der Waals surface area contributed by atoms with Crippen molar-refractivity contribution in [3.05, 3.63) is 93.8 Å². The second-order valence-electron chi connectivity index (χ2n) is 11.2. The van der Waals surface area contributed by atoms with E-state index in [0.29, 0.717) is 55.4 Å². The lowest BCUT2D eigenvalue weighted by Crippen LogP contribution is -2.32. The van der Waals surface area contributed by atoms with E-state index in [2.05, 4.69) is 11.1 Å². The van der Waals surface area contributed by atoms with Crippen LogP contribution < -0.4 is 9.47 Å². The Hall–Kier alpha value is -3.99. The molecule has 0 bridgehead atoms. The number of para-hydroxylation sites is 1. The number of imidazole rings is 1. The average Bonchev–Trinajstić information content (AvgIpc) is 3.52. The minimum atomic E-state index is -1.36. The predicted molar refractivity (Wildman–Crippen MR) is 158 cm³/mol. The summed E-state index contributed by atoms with van der Waals surface area (Å²) in [5.41, 5.74) is 2.77. The van der Waals surface area contributed by atoms with Gasteiger partial charge in [0, 0.05) is 30.5 Å². The molecule has 4 aromatic rings. The van der Waals surface area contributed by atoms with Gasteiger partial charge < -0.3 is 28.3 Å². The summed E-state index contributed by atoms with van der Waals surface area (Å²) in [4.78, 5) is 16.8. The van der Waals surface area contributed by atoms with Crippen molar-refractivity contribution in [3.8, 4) is 11.5 Å². The smallest absolute Gasteiger partial charge is 0.338 e. The third-order valence-electron chi connectivity index (χ3n) is 8.35. The van der Waals surface area contributed by atoms with Gasteiger partial charge in [0.1, 0.15) is 17.2 Å². The summed E-state index contributed by atoms with van der Waals surface area (Å²) in [6, 6.07) is 12.7. The molecule has 3 atom stereocenters. The van der Waals surface area contributed by atoms with Crippen LogP contribution in [-0.4, -0.2) is 48.1 Å². The highest BCUT2D eigenvalue weighted by Gasteiger charge is 2.42. The first-order valence-electron chi connectivity index (χ1n) is 14.4. The fraction of sp³-hybridized carbons (Fsp3) is 0.333. The van der Waals surface area contributed by atoms with Crippen LogP contribution in [-0.2, 0) is 33.0 Å². The fourth-order valence-corrected chi connectivity index (χ4v) is 6.11. The number of nitrogens with zero attached hydrogens (tertiary/aromatic N) is 2. The molecular weight excluding hydrogens is 594 g/mol. The predicted octanol–water partition coefficient (Wildman–Crippen LogP) is 6.60. The van der Waals surface area contributed by atoms with Crippen molar-refractivity contribution in [3.63, 3.8) is 0 Å². The van der Waals surface area contributed by atoms with Crippen LogP contribution in [0.4, 0.5) is 8.78 Å². The Morgan fingerprint density at radius 1 is 1.11 bits per heavy atom. The Balaban J connectivity index is 1.13. The second-order valence-corrected chi connectivity index (χ2v) is 11.7. The number of hydrogen-bond acceptors (Lipinski definition) is 7. The Morgan fingerprint density at radius 3 is 2.66 bits per heavy atom. The highest BCUT2D eigenvalue weighted by Crippen LogP contribution is 2.48. The molecule has 0 N–H and O–H groups in total. The highest BCUT2D eigenvalue weighted by molar-refractivity contribution is 6.30. The first kappa shape index (κ1) is 28.8. The van der Waals surface area contributed by atoms with Gasteiger partial charge >= 0.3 is 5.97 Å². The lowest BCUT2D eigenvalue weighted by atomic mass is 9.99.